The third kappa shape index (κ3) is 4.27. The lowest BCUT2D eigenvalue weighted by molar-refractivity contribution is -0.384. The molecule has 1 aromatic heterocycles. The van der Waals surface area contributed by atoms with Crippen molar-refractivity contribution in [3.63, 3.8) is 0 Å². The van der Waals surface area contributed by atoms with Gasteiger partial charge in [0.15, 0.2) is 5.11 Å². The Hall–Kier alpha value is -4.31. The van der Waals surface area contributed by atoms with Crippen molar-refractivity contribution in [1.29, 1.82) is 0 Å². The second kappa shape index (κ2) is 9.38. The van der Waals surface area contributed by atoms with E-state index in [1.165, 1.54) is 36.3 Å². The van der Waals surface area contributed by atoms with Gasteiger partial charge in [0, 0.05) is 23.5 Å². The topological polar surface area (TPSA) is 107 Å². The van der Waals surface area contributed by atoms with Gasteiger partial charge in [-0.1, -0.05) is 12.1 Å². The van der Waals surface area contributed by atoms with Gasteiger partial charge in [-0.2, -0.15) is 0 Å². The molecule has 184 valence electrons. The predicted molar refractivity (Wildman–Crippen MR) is 141 cm³/mol. The number of nitrogens with zero attached hydrogens (tertiary/aromatic N) is 3. The van der Waals surface area contributed by atoms with Gasteiger partial charge in [-0.3, -0.25) is 29.9 Å². The van der Waals surface area contributed by atoms with Crippen LogP contribution in [0.3, 0.4) is 0 Å². The van der Waals surface area contributed by atoms with Gasteiger partial charge < -0.3 is 9.30 Å². The summed E-state index contributed by atoms with van der Waals surface area (Å²) in [7, 11) is 1.48. The molecule has 4 rings (SSSR count). The maximum atomic E-state index is 13.5. The third-order valence-electron chi connectivity index (χ3n) is 6.09. The Morgan fingerprint density at radius 2 is 1.75 bits per heavy atom. The van der Waals surface area contributed by atoms with Crippen LogP contribution in [0, 0.1) is 37.8 Å². The van der Waals surface area contributed by atoms with E-state index in [-0.39, 0.29) is 16.4 Å². The highest BCUT2D eigenvalue weighted by Crippen LogP contribution is 2.33. The van der Waals surface area contributed by atoms with Crippen LogP contribution < -0.4 is 15.0 Å². The molecule has 1 aliphatic heterocycles. The standard InChI is InChI=1S/C26H24N4O5S/c1-14-6-7-15(2)21(10-14)29-25(32)20(24(31)27-26(29)36)12-18-11-16(3)28(17(18)4)22-13-19(30(33)34)8-9-23(22)35-5/h6-13H,1-5H3,(H,27,31,36)/b20-12+. The number of anilines is 1. The fourth-order valence-electron chi connectivity index (χ4n) is 4.26. The molecule has 1 fully saturated rings. The summed E-state index contributed by atoms with van der Waals surface area (Å²) in [5.41, 5.74) is 4.72. The number of methoxy groups -OCH3 is 1. The van der Waals surface area contributed by atoms with Crippen molar-refractivity contribution in [3.8, 4) is 11.4 Å². The van der Waals surface area contributed by atoms with E-state index in [9.17, 15) is 19.7 Å². The zero-order valence-corrected chi connectivity index (χ0v) is 21.2. The minimum Gasteiger partial charge on any atom is -0.495 e. The SMILES string of the molecule is COc1ccc([N+](=O)[O-])cc1-n1c(C)cc(/C=C2\C(=O)NC(=S)N(c3cc(C)ccc3C)C2=O)c1C. The number of ether oxygens (including phenoxy) is 1. The summed E-state index contributed by atoms with van der Waals surface area (Å²) >= 11 is 5.33. The predicted octanol–water partition coefficient (Wildman–Crippen LogP) is 4.46. The van der Waals surface area contributed by atoms with Gasteiger partial charge in [-0.25, -0.2) is 0 Å². The molecule has 36 heavy (non-hydrogen) atoms. The number of carbonyl (C=O) groups is 2. The van der Waals surface area contributed by atoms with Crippen LogP contribution in [0.15, 0.2) is 48.0 Å². The molecule has 10 heteroatoms. The van der Waals surface area contributed by atoms with Gasteiger partial charge in [0.2, 0.25) is 0 Å². The van der Waals surface area contributed by atoms with Gasteiger partial charge in [0.1, 0.15) is 11.3 Å². The first-order valence-electron chi connectivity index (χ1n) is 11.0. The Morgan fingerprint density at radius 1 is 1.03 bits per heavy atom. The Bertz CT molecular complexity index is 1490. The van der Waals surface area contributed by atoms with Gasteiger partial charge in [-0.15, -0.1) is 0 Å². The lowest BCUT2D eigenvalue weighted by Crippen LogP contribution is -2.54. The minimum atomic E-state index is -0.593. The first-order valence-corrected chi connectivity index (χ1v) is 11.4. The summed E-state index contributed by atoms with van der Waals surface area (Å²) in [6.07, 6.45) is 1.51. The number of nitrogens with one attached hydrogen (secondary N) is 1. The van der Waals surface area contributed by atoms with Crippen molar-refractivity contribution in [3.05, 3.63) is 86.2 Å². The largest absolute Gasteiger partial charge is 0.495 e. The molecule has 0 atom stereocenters. The molecule has 0 bridgehead atoms. The molecule has 1 saturated heterocycles. The van der Waals surface area contributed by atoms with Crippen LogP contribution in [-0.2, 0) is 9.59 Å². The van der Waals surface area contributed by atoms with Gasteiger partial charge in [0.05, 0.1) is 23.4 Å². The summed E-state index contributed by atoms with van der Waals surface area (Å²) in [6.45, 7) is 7.40. The average Bonchev–Trinajstić information content (AvgIpc) is 3.10. The molecular formula is C26H24N4O5S. The maximum absolute atomic E-state index is 13.5. The number of nitro groups is 1. The van der Waals surface area contributed by atoms with Crippen LogP contribution in [0.4, 0.5) is 11.4 Å². The van der Waals surface area contributed by atoms with Crippen molar-refractivity contribution in [2.45, 2.75) is 27.7 Å². The first-order chi connectivity index (χ1) is 17.0. The summed E-state index contributed by atoms with van der Waals surface area (Å²) < 4.78 is 7.22. The number of carbonyl (C=O) groups excluding carboxylic acids is 2. The summed E-state index contributed by atoms with van der Waals surface area (Å²) in [4.78, 5) is 38.6. The number of nitro benzene ring substituents is 1. The molecule has 0 radical (unpaired) electrons. The molecule has 0 saturated carbocycles. The van der Waals surface area contributed by atoms with Crippen LogP contribution in [0.5, 0.6) is 5.75 Å². The number of non-ortho nitro benzene ring substituents is 1. The summed E-state index contributed by atoms with van der Waals surface area (Å²) in [5.74, 6) is -0.681. The monoisotopic (exact) mass is 504 g/mol. The van der Waals surface area contributed by atoms with Crippen molar-refractivity contribution >= 4 is 46.6 Å². The number of hydrogen-bond donors (Lipinski definition) is 1. The zero-order valence-electron chi connectivity index (χ0n) is 20.4. The van der Waals surface area contributed by atoms with E-state index in [1.54, 1.807) is 17.6 Å². The van der Waals surface area contributed by atoms with Crippen molar-refractivity contribution < 1.29 is 19.2 Å². The molecule has 0 aliphatic carbocycles. The number of amides is 2. The fraction of sp³-hybridized carbons (Fsp3) is 0.192. The molecule has 3 aromatic rings. The molecule has 0 unspecified atom stereocenters. The molecule has 0 spiro atoms. The Labute approximate surface area is 213 Å². The van der Waals surface area contributed by atoms with E-state index >= 15 is 0 Å². The molecule has 1 aliphatic rings. The molecule has 2 amide bonds. The van der Waals surface area contributed by atoms with E-state index in [0.29, 0.717) is 28.4 Å². The fourth-order valence-corrected chi connectivity index (χ4v) is 4.54. The van der Waals surface area contributed by atoms with Crippen LogP contribution in [0.1, 0.15) is 28.1 Å². The Morgan fingerprint density at radius 3 is 2.42 bits per heavy atom. The highest BCUT2D eigenvalue weighted by molar-refractivity contribution is 7.80. The average molecular weight is 505 g/mol. The zero-order chi connectivity index (χ0) is 26.3. The second-order valence-electron chi connectivity index (χ2n) is 8.52. The van der Waals surface area contributed by atoms with Crippen molar-refractivity contribution in [2.24, 2.45) is 0 Å². The summed E-state index contributed by atoms with van der Waals surface area (Å²) in [6, 6.07) is 11.8. The number of aryl methyl sites for hydroxylation is 3. The highest BCUT2D eigenvalue weighted by Gasteiger charge is 2.35. The number of rotatable bonds is 5. The van der Waals surface area contributed by atoms with Crippen molar-refractivity contribution in [2.75, 3.05) is 12.0 Å². The number of aromatic nitrogens is 1. The molecule has 2 heterocycles. The first kappa shape index (κ1) is 24.8. The van der Waals surface area contributed by atoms with E-state index in [1.807, 2.05) is 39.0 Å². The Kier molecular flexibility index (Phi) is 6.47. The third-order valence-corrected chi connectivity index (χ3v) is 6.38. The second-order valence-corrected chi connectivity index (χ2v) is 8.91. The quantitative estimate of drug-likeness (QED) is 0.181. The lowest BCUT2D eigenvalue weighted by atomic mass is 10.0. The lowest BCUT2D eigenvalue weighted by Gasteiger charge is -2.30. The number of benzene rings is 2. The smallest absolute Gasteiger partial charge is 0.271 e. The van der Waals surface area contributed by atoms with Crippen molar-refractivity contribution in [1.82, 2.24) is 9.88 Å². The van der Waals surface area contributed by atoms with E-state index in [2.05, 4.69) is 5.32 Å². The summed E-state index contributed by atoms with van der Waals surface area (Å²) in [5, 5.41) is 14.0. The van der Waals surface area contributed by atoms with Gasteiger partial charge >= 0.3 is 0 Å². The molecule has 2 aromatic carbocycles. The maximum Gasteiger partial charge on any atom is 0.271 e. The van der Waals surface area contributed by atoms with E-state index in [4.69, 9.17) is 17.0 Å². The van der Waals surface area contributed by atoms with Crippen LogP contribution in [-0.4, -0.2) is 33.5 Å². The van der Waals surface area contributed by atoms with Crippen LogP contribution in [0.25, 0.3) is 11.8 Å². The van der Waals surface area contributed by atoms with Crippen LogP contribution >= 0.6 is 12.2 Å². The van der Waals surface area contributed by atoms with E-state index < -0.39 is 16.7 Å². The normalized spacial score (nSPS) is 14.9. The Balaban J connectivity index is 1.82. The minimum absolute atomic E-state index is 0.0163. The number of hydrogen-bond acceptors (Lipinski definition) is 6. The van der Waals surface area contributed by atoms with Gasteiger partial charge in [0.25, 0.3) is 17.5 Å². The van der Waals surface area contributed by atoms with E-state index in [0.717, 1.165) is 16.8 Å². The number of thiocarbonyl (C=S) groups is 1. The molecule has 1 N–H and O–H groups in total. The van der Waals surface area contributed by atoms with Crippen LogP contribution in [0.2, 0.25) is 0 Å². The molecule has 9 nitrogen and oxygen atoms in total. The van der Waals surface area contributed by atoms with Gasteiger partial charge in [-0.05, 0) is 80.9 Å². The highest BCUT2D eigenvalue weighted by atomic mass is 32.1. The molecular weight excluding hydrogens is 480 g/mol.